The van der Waals surface area contributed by atoms with Crippen LogP contribution in [-0.2, 0) is 182 Å². The molecule has 9 heterocycles. The number of aliphatic carboxylic acids is 2. The first-order valence-electron chi connectivity index (χ1n) is 34.7. The number of carboxylic acid groups (broad SMARTS) is 2. The van der Waals surface area contributed by atoms with Gasteiger partial charge in [0.2, 0.25) is 17.4 Å². The number of rotatable bonds is 45. The molecule has 115 heavy (non-hydrogen) atoms. The Morgan fingerprint density at radius 2 is 1.04 bits per heavy atom. The van der Waals surface area contributed by atoms with E-state index in [1.807, 2.05) is 0 Å². The summed E-state index contributed by atoms with van der Waals surface area (Å²) in [5.41, 5.74) is -6.28. The zero-order valence-corrected chi connectivity index (χ0v) is 67.3. The number of thioether (sulfide) groups is 1. The van der Waals surface area contributed by atoms with Crippen molar-refractivity contribution in [2.75, 3.05) is 80.9 Å². The van der Waals surface area contributed by atoms with Crippen LogP contribution in [0.5, 0.6) is 0 Å². The first-order chi connectivity index (χ1) is 53.7. The van der Waals surface area contributed by atoms with E-state index in [1.54, 1.807) is 11.8 Å². The number of fused-ring (bicyclic) bond motifs is 4. The second-order valence-corrected chi connectivity index (χ2v) is 34.3. The summed E-state index contributed by atoms with van der Waals surface area (Å²) in [6.07, 6.45) is -48.4. The number of urea groups is 1. The second kappa shape index (κ2) is 40.4. The van der Waals surface area contributed by atoms with E-state index in [4.69, 9.17) is 88.3 Å². The number of hydrogen-bond acceptors (Lipinski definition) is 41. The molecule has 0 aromatic rings. The number of carbonyl (C=O) groups excluding carboxylic acids is 3. The molecule has 0 saturated carbocycles. The van der Waals surface area contributed by atoms with Gasteiger partial charge < -0.3 is 112 Å². The van der Waals surface area contributed by atoms with Gasteiger partial charge in [0.1, 0.15) is 97.6 Å². The molecule has 9 aliphatic rings. The molecule has 9 fully saturated rings. The summed E-state index contributed by atoms with van der Waals surface area (Å²) in [6.45, 7) is -2.99. The Balaban J connectivity index is 1.08. The Hall–Kier alpha value is -3.96. The molecule has 0 spiro atoms. The maximum absolute atomic E-state index is 14.2. The molecule has 0 aromatic carbocycles. The average molecular weight is 1810 g/mol. The largest absolute Gasteiger partial charge is 0.479 e. The molecule has 9 rings (SSSR count). The minimum absolute atomic E-state index is 0.0176. The monoisotopic (exact) mass is 1810 g/mol. The minimum Gasteiger partial charge on any atom is -0.479 e. The normalized spacial score (nSPS) is 37.3. The van der Waals surface area contributed by atoms with Gasteiger partial charge in [-0.3, -0.25) is 36.9 Å². The third-order valence-electron chi connectivity index (χ3n) is 19.4. The van der Waals surface area contributed by atoms with Crippen LogP contribution in [0.1, 0.15) is 71.6 Å². The summed E-state index contributed by atoms with van der Waals surface area (Å²) in [5.74, 6) is -4.45. The van der Waals surface area contributed by atoms with Crippen molar-refractivity contribution in [2.45, 2.75) is 241 Å². The summed E-state index contributed by atoms with van der Waals surface area (Å²) in [4.78, 5) is 66.5. The summed E-state index contributed by atoms with van der Waals surface area (Å²) >= 11 is 1.75. The van der Waals surface area contributed by atoms with Crippen molar-refractivity contribution in [2.24, 2.45) is 0 Å². The van der Waals surface area contributed by atoms with Gasteiger partial charge >= 0.3 is 80.4 Å². The van der Waals surface area contributed by atoms with Gasteiger partial charge in [-0.2, -0.15) is 62.3 Å². The highest BCUT2D eigenvalue weighted by Crippen LogP contribution is 2.47. The van der Waals surface area contributed by atoms with E-state index >= 15 is 0 Å². The highest BCUT2D eigenvalue weighted by atomic mass is 32.3. The molecular formula is C56H92N4O48S7. The SMILES string of the molecule is CCO[C@H]1[C@H](O)[C@@H](COS(=O)(=O)O)O[C@H](O[C@H]2[C@H](OC)[C@@H](OC)[C@H](O[C@H]3[C@H](OS(=O)(=O)O)[C@@H](OS(=O)(=O)O)[C@@H](O[C@H]4[C@H](OC)[C@H]5OC[C@]4(C(=O)O)OC5O[C@H]4[C@H](OC)[C@@H](OS(=O)(=O)O)[C@@H](OC)O[C@@H]4COS(=O)(=O)O)O[C@@H]3COS(=O)(=O)O)O[C@]2(CC)C(=O)O)[C@@H]1NC(=O)CCCCCNC(=O)CCCCC1SCC2NC(=O)NC21. The lowest BCUT2D eigenvalue weighted by Gasteiger charge is -2.57. The minimum atomic E-state index is -6.23. The lowest BCUT2D eigenvalue weighted by Crippen LogP contribution is -2.78. The molecule has 59 heteroatoms. The van der Waals surface area contributed by atoms with Crippen LogP contribution < -0.4 is 21.3 Å². The van der Waals surface area contributed by atoms with Crippen LogP contribution in [-0.4, -0.2) is 374 Å². The maximum atomic E-state index is 14.2. The number of hydrogen-bond donors (Lipinski definition) is 13. The van der Waals surface area contributed by atoms with Gasteiger partial charge in [-0.25, -0.2) is 39.5 Å². The fourth-order valence-corrected chi connectivity index (χ4v) is 18.4. The number of nitrogens with one attached hydrogen (secondary N) is 4. The molecule has 28 atom stereocenters. The molecular weight excluding hydrogens is 1720 g/mol. The number of aliphatic hydroxyl groups is 1. The lowest BCUT2D eigenvalue weighted by atomic mass is 9.83. The van der Waals surface area contributed by atoms with Crippen molar-refractivity contribution >= 4 is 104 Å². The number of aliphatic hydroxyl groups excluding tert-OH is 1. The maximum Gasteiger partial charge on any atom is 0.397 e. The first-order valence-corrected chi connectivity index (χ1v) is 43.9. The second-order valence-electron chi connectivity index (χ2n) is 26.6. The van der Waals surface area contributed by atoms with Crippen LogP contribution in [0.2, 0.25) is 0 Å². The predicted molar refractivity (Wildman–Crippen MR) is 367 cm³/mol. The van der Waals surface area contributed by atoms with Crippen molar-refractivity contribution in [1.82, 2.24) is 21.3 Å². The highest BCUT2D eigenvalue weighted by molar-refractivity contribution is 8.00. The van der Waals surface area contributed by atoms with E-state index in [0.29, 0.717) is 19.3 Å². The molecule has 13 N–H and O–H groups in total. The molecule has 9 saturated heterocycles. The highest BCUT2D eigenvalue weighted by Gasteiger charge is 2.70. The fraction of sp³-hybridized carbons (Fsp3) is 0.911. The Kier molecular flexibility index (Phi) is 33.9. The van der Waals surface area contributed by atoms with Gasteiger partial charge in [0, 0.05) is 72.5 Å². The molecule has 52 nitrogen and oxygen atoms in total. The van der Waals surface area contributed by atoms with E-state index in [0.717, 1.165) is 61.1 Å². The van der Waals surface area contributed by atoms with Gasteiger partial charge in [-0.05, 0) is 39.0 Å². The Morgan fingerprint density at radius 1 is 0.522 bits per heavy atom. The van der Waals surface area contributed by atoms with Crippen molar-refractivity contribution < 1.29 is 218 Å². The van der Waals surface area contributed by atoms with Crippen molar-refractivity contribution in [3.05, 3.63) is 0 Å². The Labute approximate surface area is 662 Å². The molecule has 666 valence electrons. The van der Waals surface area contributed by atoms with Crippen LogP contribution in [0, 0.1) is 0 Å². The van der Waals surface area contributed by atoms with Crippen LogP contribution >= 0.6 is 11.8 Å². The third kappa shape index (κ3) is 25.1. The van der Waals surface area contributed by atoms with Gasteiger partial charge in [0.25, 0.3) is 0 Å². The molecule has 4 amide bonds. The van der Waals surface area contributed by atoms with E-state index in [-0.39, 0.29) is 61.7 Å². The number of carboxylic acids is 2. The first kappa shape index (κ1) is 96.5. The van der Waals surface area contributed by atoms with Crippen LogP contribution in [0.15, 0.2) is 0 Å². The van der Waals surface area contributed by atoms with Crippen molar-refractivity contribution in [1.29, 1.82) is 0 Å². The van der Waals surface area contributed by atoms with Gasteiger partial charge in [-0.1, -0.05) is 19.8 Å². The summed E-state index contributed by atoms with van der Waals surface area (Å²) < 4.78 is 331. The number of carbonyl (C=O) groups is 5. The van der Waals surface area contributed by atoms with Gasteiger partial charge in [0.05, 0.1) is 38.5 Å². The topological polar surface area (TPSA) is 723 Å². The Morgan fingerprint density at radius 3 is 1.58 bits per heavy atom. The number of methoxy groups -OCH3 is 5. The van der Waals surface area contributed by atoms with Gasteiger partial charge in [0.15, 0.2) is 49.3 Å². The van der Waals surface area contributed by atoms with Crippen molar-refractivity contribution in [3.8, 4) is 0 Å². The smallest absolute Gasteiger partial charge is 0.397 e. The quantitative estimate of drug-likeness (QED) is 0.0153. The van der Waals surface area contributed by atoms with Gasteiger partial charge in [-0.15, -0.1) is 0 Å². The summed E-state index contributed by atoms with van der Waals surface area (Å²) in [6, 6.07) is -1.90. The molecule has 0 radical (unpaired) electrons. The van der Waals surface area contributed by atoms with E-state index in [1.165, 1.54) is 6.92 Å². The van der Waals surface area contributed by atoms with Crippen molar-refractivity contribution in [3.63, 3.8) is 0 Å². The standard InChI is InChI=1S/C56H92N4O48S7/c1-8-55(52(64)65)45(102-47-32(36(92-9-2)33(63)25(97-47)19-94-110(69,70)71)59-30(62)17-11-10-14-18-57-29(61)16-13-12-15-28-31-24(22-109-28)58-54(68)60-31)39(88-4)41(90-6)50(104-55)101-35-27(21-96-112(75,76)77)99-49(44(108-115(84,85)86)38(35)106-113(78,79)80)103-46-40(89-5)42-51(105-56(46,23-93-42)53(66)67)100-34-26(20-95-111(72,73)74)98-48(91-7)43(37(34)87-3)107-114(81,82)83/h24-28,31-51,63H,8-23H2,1-7H3,(H,57,61)(H,59,62)(H,64,65)(H,66,67)(H2,58,60,68)(H,69,70,71)(H,72,73,74)(H,75,76,77)(H,78,79,80)(H,81,82,83)(H,84,85,86)/t24?,25-,26-,27-,28?,31?,32-,33-,34-,35-,36-,37+,38+,39-,40-,41-,42-,43-,44-,45+,46+,47-,48+,49-,50-,51?,55+,56+/m1/s1. The summed E-state index contributed by atoms with van der Waals surface area (Å²) in [7, 11) is -30.1. The zero-order chi connectivity index (χ0) is 85.3. The van der Waals surface area contributed by atoms with Crippen LogP contribution in [0.25, 0.3) is 0 Å². The molecule has 9 aliphatic heterocycles. The van der Waals surface area contributed by atoms with E-state index in [2.05, 4.69) is 33.8 Å². The fourth-order valence-electron chi connectivity index (χ4n) is 14.4. The lowest BCUT2D eigenvalue weighted by molar-refractivity contribution is -0.429. The molecule has 2 bridgehead atoms. The molecule has 4 unspecified atom stereocenters. The third-order valence-corrected chi connectivity index (χ3v) is 23.6. The zero-order valence-electron chi connectivity index (χ0n) is 61.6. The molecule has 0 aromatic heterocycles. The Bertz CT molecular complexity index is 4030. The number of unbranched alkanes of at least 4 members (excludes halogenated alkanes) is 3. The predicted octanol–water partition coefficient (Wildman–Crippen LogP) is -5.75. The van der Waals surface area contributed by atoms with Crippen LogP contribution in [0.4, 0.5) is 4.79 Å². The average Bonchev–Trinajstić information content (AvgIpc) is 1.38. The summed E-state index contributed by atoms with van der Waals surface area (Å²) in [5, 5.41) is 45.8. The van der Waals surface area contributed by atoms with E-state index < -0.39 is 266 Å². The van der Waals surface area contributed by atoms with E-state index in [9.17, 15) is 117 Å². The molecule has 0 aliphatic carbocycles. The number of ether oxygens (including phenoxy) is 16. The number of amides is 4. The van der Waals surface area contributed by atoms with Crippen LogP contribution in [0.3, 0.4) is 0 Å².